The van der Waals surface area contributed by atoms with Gasteiger partial charge in [0.25, 0.3) is 0 Å². The fourth-order valence-corrected chi connectivity index (χ4v) is 4.41. The zero-order valence-corrected chi connectivity index (χ0v) is 17.3. The Balaban J connectivity index is 1.63. The summed E-state index contributed by atoms with van der Waals surface area (Å²) in [5.41, 5.74) is 3.28. The van der Waals surface area contributed by atoms with Gasteiger partial charge in [0.2, 0.25) is 0 Å². The standard InChI is InChI=1S/C23H20N6S/c1-2-29-15-25-28-19(29)13-24-22-20-18(16-9-5-3-6-10-16)14-30-23(20)27-21(26-22)17-11-7-4-8-12-17/h3-12,14-15H,2,13H2,1H3,(H,24,26,27). The van der Waals surface area contributed by atoms with Gasteiger partial charge >= 0.3 is 0 Å². The molecule has 0 aliphatic carbocycles. The predicted molar refractivity (Wildman–Crippen MR) is 121 cm³/mol. The zero-order chi connectivity index (χ0) is 20.3. The summed E-state index contributed by atoms with van der Waals surface area (Å²) in [6, 6.07) is 20.4. The molecule has 0 saturated carbocycles. The number of aromatic nitrogens is 5. The average Bonchev–Trinajstić information content (AvgIpc) is 3.45. The minimum absolute atomic E-state index is 0.540. The van der Waals surface area contributed by atoms with Crippen LogP contribution in [0.2, 0.25) is 0 Å². The smallest absolute Gasteiger partial charge is 0.163 e. The number of rotatable bonds is 6. The van der Waals surface area contributed by atoms with E-state index >= 15 is 0 Å². The Labute approximate surface area is 178 Å². The second-order valence-electron chi connectivity index (χ2n) is 6.84. The lowest BCUT2D eigenvalue weighted by atomic mass is 10.1. The number of hydrogen-bond acceptors (Lipinski definition) is 6. The predicted octanol–water partition coefficient (Wildman–Crippen LogP) is 5.25. The lowest BCUT2D eigenvalue weighted by Gasteiger charge is -2.11. The number of aryl methyl sites for hydroxylation is 1. The van der Waals surface area contributed by atoms with Gasteiger partial charge in [-0.2, -0.15) is 0 Å². The van der Waals surface area contributed by atoms with Crippen LogP contribution in [0.1, 0.15) is 12.7 Å². The van der Waals surface area contributed by atoms with Gasteiger partial charge in [-0.1, -0.05) is 60.7 Å². The highest BCUT2D eigenvalue weighted by Crippen LogP contribution is 2.38. The Bertz CT molecular complexity index is 1280. The molecule has 5 rings (SSSR count). The van der Waals surface area contributed by atoms with E-state index in [1.807, 2.05) is 41.0 Å². The monoisotopic (exact) mass is 412 g/mol. The second-order valence-corrected chi connectivity index (χ2v) is 7.70. The van der Waals surface area contributed by atoms with Gasteiger partial charge in [-0.25, -0.2) is 9.97 Å². The number of nitrogens with one attached hydrogen (secondary N) is 1. The lowest BCUT2D eigenvalue weighted by Crippen LogP contribution is -2.09. The van der Waals surface area contributed by atoms with Crippen LogP contribution in [0, 0.1) is 0 Å². The molecule has 1 N–H and O–H groups in total. The van der Waals surface area contributed by atoms with Gasteiger partial charge in [-0.15, -0.1) is 21.5 Å². The maximum absolute atomic E-state index is 4.91. The Kier molecular flexibility index (Phi) is 4.94. The summed E-state index contributed by atoms with van der Waals surface area (Å²) in [5.74, 6) is 2.40. The minimum atomic E-state index is 0.540. The summed E-state index contributed by atoms with van der Waals surface area (Å²) in [4.78, 5) is 10.7. The van der Waals surface area contributed by atoms with Crippen molar-refractivity contribution in [2.45, 2.75) is 20.0 Å². The Hall–Kier alpha value is -3.58. The first-order valence-corrected chi connectivity index (χ1v) is 10.7. The van der Waals surface area contributed by atoms with E-state index in [1.165, 1.54) is 0 Å². The molecule has 0 saturated heterocycles. The molecule has 3 aromatic heterocycles. The van der Waals surface area contributed by atoms with Crippen LogP contribution in [-0.4, -0.2) is 24.7 Å². The number of anilines is 1. The number of fused-ring (bicyclic) bond motifs is 1. The van der Waals surface area contributed by atoms with Crippen LogP contribution >= 0.6 is 11.3 Å². The van der Waals surface area contributed by atoms with E-state index in [0.29, 0.717) is 12.4 Å². The molecule has 0 unspecified atom stereocenters. The molecule has 6 nitrogen and oxygen atoms in total. The molecular weight excluding hydrogens is 392 g/mol. The fourth-order valence-electron chi connectivity index (χ4n) is 3.46. The van der Waals surface area contributed by atoms with E-state index in [2.05, 4.69) is 52.1 Å². The molecule has 0 bridgehead atoms. The minimum Gasteiger partial charge on any atom is -0.362 e. The molecule has 0 spiro atoms. The van der Waals surface area contributed by atoms with Crippen molar-refractivity contribution in [1.82, 2.24) is 24.7 Å². The quantitative estimate of drug-likeness (QED) is 0.413. The van der Waals surface area contributed by atoms with Gasteiger partial charge in [-0.3, -0.25) is 0 Å². The molecular formula is C23H20N6S. The lowest BCUT2D eigenvalue weighted by molar-refractivity contribution is 0.707. The molecule has 3 heterocycles. The third-order valence-corrected chi connectivity index (χ3v) is 5.87. The normalized spacial score (nSPS) is 11.1. The highest BCUT2D eigenvalue weighted by atomic mass is 32.1. The van der Waals surface area contributed by atoms with E-state index in [9.17, 15) is 0 Å². The third-order valence-electron chi connectivity index (χ3n) is 5.00. The van der Waals surface area contributed by atoms with E-state index in [0.717, 1.165) is 45.1 Å². The summed E-state index contributed by atoms with van der Waals surface area (Å²) in [5, 5.41) is 15.0. The zero-order valence-electron chi connectivity index (χ0n) is 16.5. The van der Waals surface area contributed by atoms with Crippen LogP contribution < -0.4 is 5.32 Å². The van der Waals surface area contributed by atoms with E-state index in [1.54, 1.807) is 17.7 Å². The average molecular weight is 413 g/mol. The van der Waals surface area contributed by atoms with Crippen LogP contribution in [0.25, 0.3) is 32.7 Å². The van der Waals surface area contributed by atoms with Crippen LogP contribution in [0.15, 0.2) is 72.4 Å². The molecule has 0 aliphatic heterocycles. The Morgan fingerprint density at radius 3 is 2.40 bits per heavy atom. The fraction of sp³-hybridized carbons (Fsp3) is 0.130. The Morgan fingerprint density at radius 1 is 0.933 bits per heavy atom. The van der Waals surface area contributed by atoms with E-state index in [-0.39, 0.29) is 0 Å². The van der Waals surface area contributed by atoms with E-state index < -0.39 is 0 Å². The van der Waals surface area contributed by atoms with Gasteiger partial charge in [0.1, 0.15) is 17.0 Å². The molecule has 0 radical (unpaired) electrons. The van der Waals surface area contributed by atoms with Crippen molar-refractivity contribution in [2.24, 2.45) is 0 Å². The van der Waals surface area contributed by atoms with Gasteiger partial charge in [0.15, 0.2) is 11.6 Å². The molecule has 2 aromatic carbocycles. The van der Waals surface area contributed by atoms with Crippen LogP contribution in [0.3, 0.4) is 0 Å². The molecule has 7 heteroatoms. The third kappa shape index (κ3) is 3.44. The van der Waals surface area contributed by atoms with Crippen molar-refractivity contribution >= 4 is 27.4 Å². The van der Waals surface area contributed by atoms with Gasteiger partial charge in [0, 0.05) is 23.1 Å². The molecule has 0 aliphatic rings. The number of nitrogens with zero attached hydrogens (tertiary/aromatic N) is 5. The maximum atomic E-state index is 4.91. The molecule has 30 heavy (non-hydrogen) atoms. The van der Waals surface area contributed by atoms with Gasteiger partial charge in [0.05, 0.1) is 11.9 Å². The van der Waals surface area contributed by atoms with Crippen LogP contribution in [0.5, 0.6) is 0 Å². The summed E-state index contributed by atoms with van der Waals surface area (Å²) < 4.78 is 2.02. The van der Waals surface area contributed by atoms with Crippen molar-refractivity contribution in [3.8, 4) is 22.5 Å². The highest BCUT2D eigenvalue weighted by Gasteiger charge is 2.16. The SMILES string of the molecule is CCn1cnnc1CNc1nc(-c2ccccc2)nc2scc(-c3ccccc3)c12. The first kappa shape index (κ1) is 18.4. The maximum Gasteiger partial charge on any atom is 0.163 e. The van der Waals surface area contributed by atoms with E-state index in [4.69, 9.17) is 9.97 Å². The molecule has 0 fully saturated rings. The number of hydrogen-bond donors (Lipinski definition) is 1. The molecule has 0 atom stereocenters. The van der Waals surface area contributed by atoms with Crippen molar-refractivity contribution < 1.29 is 0 Å². The van der Waals surface area contributed by atoms with Gasteiger partial charge in [-0.05, 0) is 12.5 Å². The second kappa shape index (κ2) is 8.04. The van der Waals surface area contributed by atoms with Gasteiger partial charge < -0.3 is 9.88 Å². The number of thiophene rings is 1. The van der Waals surface area contributed by atoms with Crippen molar-refractivity contribution in [3.63, 3.8) is 0 Å². The first-order valence-electron chi connectivity index (χ1n) is 9.84. The molecule has 148 valence electrons. The first-order chi connectivity index (χ1) is 14.8. The Morgan fingerprint density at radius 2 is 1.67 bits per heavy atom. The molecule has 0 amide bonds. The largest absolute Gasteiger partial charge is 0.362 e. The van der Waals surface area contributed by atoms with Crippen molar-refractivity contribution in [3.05, 3.63) is 78.2 Å². The topological polar surface area (TPSA) is 68.5 Å². The van der Waals surface area contributed by atoms with Crippen molar-refractivity contribution in [2.75, 3.05) is 5.32 Å². The van der Waals surface area contributed by atoms with Crippen LogP contribution in [0.4, 0.5) is 5.82 Å². The summed E-state index contributed by atoms with van der Waals surface area (Å²) in [6.45, 7) is 3.44. The summed E-state index contributed by atoms with van der Waals surface area (Å²) >= 11 is 1.64. The highest BCUT2D eigenvalue weighted by molar-refractivity contribution is 7.17. The summed E-state index contributed by atoms with van der Waals surface area (Å²) in [7, 11) is 0. The summed E-state index contributed by atoms with van der Waals surface area (Å²) in [6.07, 6.45) is 1.75. The van der Waals surface area contributed by atoms with Crippen molar-refractivity contribution in [1.29, 1.82) is 0 Å². The van der Waals surface area contributed by atoms with Crippen LogP contribution in [-0.2, 0) is 13.1 Å². The molecule has 5 aromatic rings. The number of benzene rings is 2.